The second-order valence-electron chi connectivity index (χ2n) is 6.93. The molecule has 3 aromatic carbocycles. The van der Waals surface area contributed by atoms with E-state index in [1.54, 1.807) is 35.9 Å². The highest BCUT2D eigenvalue weighted by molar-refractivity contribution is 5.85. The molecule has 4 aromatic rings. The van der Waals surface area contributed by atoms with E-state index in [-0.39, 0.29) is 12.1 Å². The van der Waals surface area contributed by atoms with Crippen molar-refractivity contribution in [3.05, 3.63) is 100 Å². The molecule has 0 saturated carbocycles. The third-order valence-corrected chi connectivity index (χ3v) is 5.03. The van der Waals surface area contributed by atoms with Crippen LogP contribution in [0.4, 0.5) is 13.2 Å². The van der Waals surface area contributed by atoms with Crippen molar-refractivity contribution in [2.24, 2.45) is 0 Å². The van der Waals surface area contributed by atoms with E-state index in [9.17, 15) is 18.0 Å². The smallest absolute Gasteiger partial charge is 0.416 e. The number of nitrogens with zero attached hydrogens (tertiary/aromatic N) is 1. The van der Waals surface area contributed by atoms with Crippen LogP contribution in [-0.2, 0) is 12.7 Å². The van der Waals surface area contributed by atoms with Crippen molar-refractivity contribution in [2.45, 2.75) is 12.7 Å². The van der Waals surface area contributed by atoms with E-state index in [0.717, 1.165) is 23.1 Å². The lowest BCUT2D eigenvalue weighted by atomic mass is 10.0. The van der Waals surface area contributed by atoms with Gasteiger partial charge in [0.05, 0.1) is 24.9 Å². The summed E-state index contributed by atoms with van der Waals surface area (Å²) in [5.74, 6) is 0.701. The molecular weight excluding hydrogens is 391 g/mol. The van der Waals surface area contributed by atoms with Crippen LogP contribution in [0.3, 0.4) is 0 Å². The summed E-state index contributed by atoms with van der Waals surface area (Å²) in [5, 5.41) is 1.30. The summed E-state index contributed by atoms with van der Waals surface area (Å²) in [6.45, 7) is 0.282. The Kier molecular flexibility index (Phi) is 5.08. The number of aromatic nitrogens is 1. The molecule has 0 N–H and O–H groups in total. The molecule has 0 unspecified atom stereocenters. The average Bonchev–Trinajstić information content (AvgIpc) is 2.75. The van der Waals surface area contributed by atoms with Gasteiger partial charge in [-0.2, -0.15) is 13.2 Å². The van der Waals surface area contributed by atoms with E-state index in [1.807, 2.05) is 30.3 Å². The highest BCUT2D eigenvalue weighted by Gasteiger charge is 2.30. The zero-order chi connectivity index (χ0) is 21.3. The molecule has 0 fully saturated rings. The number of fused-ring (bicyclic) bond motifs is 1. The number of pyridine rings is 1. The van der Waals surface area contributed by atoms with Crippen molar-refractivity contribution < 1.29 is 17.9 Å². The number of alkyl halides is 3. The Morgan fingerprint density at radius 1 is 0.900 bits per heavy atom. The van der Waals surface area contributed by atoms with Crippen LogP contribution in [0.2, 0.25) is 0 Å². The lowest BCUT2D eigenvalue weighted by Crippen LogP contribution is -2.22. The molecule has 4 rings (SSSR count). The number of benzene rings is 3. The first-order chi connectivity index (χ1) is 14.4. The van der Waals surface area contributed by atoms with Crippen molar-refractivity contribution >= 4 is 10.8 Å². The molecule has 30 heavy (non-hydrogen) atoms. The molecule has 0 spiro atoms. The normalized spacial score (nSPS) is 11.6. The number of rotatable bonds is 4. The van der Waals surface area contributed by atoms with E-state index in [1.165, 1.54) is 12.1 Å². The fourth-order valence-electron chi connectivity index (χ4n) is 3.44. The molecule has 152 valence electrons. The second-order valence-corrected chi connectivity index (χ2v) is 6.93. The van der Waals surface area contributed by atoms with Crippen LogP contribution < -0.4 is 10.3 Å². The van der Waals surface area contributed by atoms with Crippen LogP contribution in [0.25, 0.3) is 22.0 Å². The Bertz CT molecular complexity index is 1240. The molecule has 3 nitrogen and oxygen atoms in total. The van der Waals surface area contributed by atoms with Gasteiger partial charge in [0, 0.05) is 5.39 Å². The van der Waals surface area contributed by atoms with E-state index in [4.69, 9.17) is 4.74 Å². The summed E-state index contributed by atoms with van der Waals surface area (Å²) in [7, 11) is 1.57. The van der Waals surface area contributed by atoms with Crippen LogP contribution in [0.1, 0.15) is 11.1 Å². The minimum absolute atomic E-state index is 0.196. The van der Waals surface area contributed by atoms with Crippen LogP contribution in [0.15, 0.2) is 83.7 Å². The first-order valence-electron chi connectivity index (χ1n) is 9.30. The molecule has 1 heterocycles. The van der Waals surface area contributed by atoms with Gasteiger partial charge in [-0.1, -0.05) is 42.5 Å². The summed E-state index contributed by atoms with van der Waals surface area (Å²) in [6, 6.07) is 21.2. The number of ether oxygens (including phenoxy) is 1. The van der Waals surface area contributed by atoms with Gasteiger partial charge in [-0.05, 0) is 52.9 Å². The Morgan fingerprint density at radius 3 is 2.20 bits per heavy atom. The summed E-state index contributed by atoms with van der Waals surface area (Å²) in [4.78, 5) is 13.2. The lowest BCUT2D eigenvalue weighted by molar-refractivity contribution is -0.137. The molecule has 6 heteroatoms. The van der Waals surface area contributed by atoms with Gasteiger partial charge in [0.25, 0.3) is 5.56 Å². The average molecular weight is 409 g/mol. The van der Waals surface area contributed by atoms with Crippen LogP contribution in [0.5, 0.6) is 5.75 Å². The standard InChI is InChI=1S/C24H18F3NO2/c1-30-20-12-6-16(7-13-20)15-28-22(14-18-4-2-3-5-21(18)23(28)29)17-8-10-19(11-9-17)24(25,26)27/h2-14H,15H2,1H3. The minimum atomic E-state index is -4.41. The third-order valence-electron chi connectivity index (χ3n) is 5.03. The van der Waals surface area contributed by atoms with Gasteiger partial charge < -0.3 is 9.30 Å². The number of hydrogen-bond donors (Lipinski definition) is 0. The predicted octanol–water partition coefficient (Wildman–Crippen LogP) is 5.74. The maximum absolute atomic E-state index is 13.2. The van der Waals surface area contributed by atoms with Gasteiger partial charge in [-0.25, -0.2) is 0 Å². The first kappa shape index (κ1) is 19.8. The largest absolute Gasteiger partial charge is 0.497 e. The maximum atomic E-state index is 13.2. The van der Waals surface area contributed by atoms with Gasteiger partial charge in [-0.15, -0.1) is 0 Å². The molecule has 0 atom stereocenters. The van der Waals surface area contributed by atoms with E-state index >= 15 is 0 Å². The monoisotopic (exact) mass is 409 g/mol. The van der Waals surface area contributed by atoms with Gasteiger partial charge in [0.1, 0.15) is 5.75 Å². The van der Waals surface area contributed by atoms with Crippen molar-refractivity contribution in [2.75, 3.05) is 7.11 Å². The summed E-state index contributed by atoms with van der Waals surface area (Å²) >= 11 is 0. The fraction of sp³-hybridized carbons (Fsp3) is 0.125. The molecule has 0 aliphatic heterocycles. The van der Waals surface area contributed by atoms with Crippen molar-refractivity contribution in [3.63, 3.8) is 0 Å². The maximum Gasteiger partial charge on any atom is 0.416 e. The molecule has 0 amide bonds. The highest BCUT2D eigenvalue weighted by Crippen LogP contribution is 2.31. The zero-order valence-corrected chi connectivity index (χ0v) is 16.1. The minimum Gasteiger partial charge on any atom is -0.497 e. The first-order valence-corrected chi connectivity index (χ1v) is 9.30. The number of hydrogen-bond acceptors (Lipinski definition) is 2. The number of methoxy groups -OCH3 is 1. The molecule has 0 saturated heterocycles. The van der Waals surface area contributed by atoms with Gasteiger partial charge in [-0.3, -0.25) is 4.79 Å². The molecule has 0 aliphatic rings. The van der Waals surface area contributed by atoms with Crippen molar-refractivity contribution in [3.8, 4) is 17.0 Å². The molecular formula is C24H18F3NO2. The number of halogens is 3. The second kappa shape index (κ2) is 7.71. The Balaban J connectivity index is 1.86. The third kappa shape index (κ3) is 3.81. The van der Waals surface area contributed by atoms with E-state index < -0.39 is 11.7 Å². The molecule has 0 radical (unpaired) electrons. The van der Waals surface area contributed by atoms with Crippen molar-refractivity contribution in [1.82, 2.24) is 4.57 Å². The quantitative estimate of drug-likeness (QED) is 0.430. The van der Waals surface area contributed by atoms with Crippen LogP contribution in [-0.4, -0.2) is 11.7 Å². The summed E-state index contributed by atoms with van der Waals surface area (Å²) < 4.78 is 45.6. The Morgan fingerprint density at radius 2 is 1.57 bits per heavy atom. The Hall–Kier alpha value is -3.54. The van der Waals surface area contributed by atoms with Crippen LogP contribution >= 0.6 is 0 Å². The lowest BCUT2D eigenvalue weighted by Gasteiger charge is -2.16. The molecule has 0 aliphatic carbocycles. The molecule has 1 aromatic heterocycles. The fourth-order valence-corrected chi connectivity index (χ4v) is 3.44. The van der Waals surface area contributed by atoms with Crippen LogP contribution in [0, 0.1) is 0 Å². The summed E-state index contributed by atoms with van der Waals surface area (Å²) in [6.07, 6.45) is -4.41. The van der Waals surface area contributed by atoms with Gasteiger partial charge >= 0.3 is 6.18 Å². The molecule has 0 bridgehead atoms. The highest BCUT2D eigenvalue weighted by atomic mass is 19.4. The summed E-state index contributed by atoms with van der Waals surface area (Å²) in [5.41, 5.74) is 1.05. The van der Waals surface area contributed by atoms with E-state index in [2.05, 4.69) is 0 Å². The SMILES string of the molecule is COc1ccc(Cn2c(-c3ccc(C(F)(F)F)cc3)cc3ccccc3c2=O)cc1. The topological polar surface area (TPSA) is 31.2 Å². The predicted molar refractivity (Wildman–Crippen MR) is 111 cm³/mol. The zero-order valence-electron chi connectivity index (χ0n) is 16.1. The van der Waals surface area contributed by atoms with Gasteiger partial charge in [0.2, 0.25) is 0 Å². The van der Waals surface area contributed by atoms with Gasteiger partial charge in [0.15, 0.2) is 0 Å². The van der Waals surface area contributed by atoms with E-state index in [0.29, 0.717) is 22.4 Å². The Labute approximate surface area is 171 Å². The van der Waals surface area contributed by atoms with Crippen molar-refractivity contribution in [1.29, 1.82) is 0 Å².